The van der Waals surface area contributed by atoms with E-state index in [0.29, 0.717) is 29.6 Å². The van der Waals surface area contributed by atoms with E-state index in [4.69, 9.17) is 5.41 Å². The number of hydrogen-bond acceptors (Lipinski definition) is 2. The molecule has 0 aromatic rings. The first-order chi connectivity index (χ1) is 19.8. The summed E-state index contributed by atoms with van der Waals surface area (Å²) in [5.74, 6) is -4.06. The molecule has 0 saturated carbocycles. The summed E-state index contributed by atoms with van der Waals surface area (Å²) in [6, 6.07) is 0. The van der Waals surface area contributed by atoms with Gasteiger partial charge in [-0.1, -0.05) is 54.7 Å². The van der Waals surface area contributed by atoms with Crippen LogP contribution in [0, 0.1) is 17.2 Å². The third-order valence-electron chi connectivity index (χ3n) is 7.73. The first kappa shape index (κ1) is 30.3. The van der Waals surface area contributed by atoms with Gasteiger partial charge >= 0.3 is 0 Å². The van der Waals surface area contributed by atoms with E-state index in [1.807, 2.05) is 0 Å². The van der Waals surface area contributed by atoms with E-state index in [0.717, 1.165) is 12.3 Å². The molecule has 216 valence electrons. The van der Waals surface area contributed by atoms with Crippen LogP contribution in [-0.2, 0) is 0 Å². The topological polar surface area (TPSA) is 36.2 Å². The maximum absolute atomic E-state index is 15.9. The van der Waals surface area contributed by atoms with Gasteiger partial charge in [-0.05, 0) is 57.9 Å². The number of allylic oxidation sites excluding steroid dienone is 18. The highest BCUT2D eigenvalue weighted by Gasteiger charge is 2.46. The Labute approximate surface area is 236 Å². The third-order valence-corrected chi connectivity index (χ3v) is 7.73. The molecule has 0 amide bonds. The number of alkyl halides is 5. The molecule has 8 heteroatoms. The van der Waals surface area contributed by atoms with Crippen molar-refractivity contribution in [2.75, 3.05) is 6.67 Å². The average Bonchev–Trinajstić information content (AvgIpc) is 2.97. The Kier molecular flexibility index (Phi) is 10.2. The summed E-state index contributed by atoms with van der Waals surface area (Å²) in [4.78, 5) is 4.19. The molecule has 0 spiro atoms. The van der Waals surface area contributed by atoms with E-state index in [1.54, 1.807) is 30.4 Å². The molecule has 6 atom stereocenters. The monoisotopic (exact) mass is 570 g/mol. The van der Waals surface area contributed by atoms with Crippen molar-refractivity contribution < 1.29 is 26.3 Å². The quantitative estimate of drug-likeness (QED) is 0.155. The third kappa shape index (κ3) is 6.63. The minimum Gasteiger partial charge on any atom is -0.308 e. The van der Waals surface area contributed by atoms with Crippen molar-refractivity contribution in [1.82, 2.24) is 0 Å². The number of aliphatic imine (C=N–C) groups is 1. The molecule has 0 aromatic heterocycles. The Morgan fingerprint density at radius 3 is 2.39 bits per heavy atom. The van der Waals surface area contributed by atoms with Gasteiger partial charge in [0.15, 0.2) is 6.17 Å². The van der Waals surface area contributed by atoms with Crippen molar-refractivity contribution in [3.05, 3.63) is 118 Å². The van der Waals surface area contributed by atoms with E-state index < -0.39 is 49.0 Å². The van der Waals surface area contributed by atoms with E-state index in [9.17, 15) is 13.2 Å². The maximum Gasteiger partial charge on any atom is 0.159 e. The van der Waals surface area contributed by atoms with Gasteiger partial charge < -0.3 is 5.41 Å². The molecule has 0 bridgehead atoms. The summed E-state index contributed by atoms with van der Waals surface area (Å²) >= 11 is 0. The SMILES string of the molecule is C=CCC/C(C=N)=C/N=CC1=CC=C(CF)C(F)[C@H]1C1C(C2=CC=C(C3=CC=CCC3F)CC2F)=CC=C(F)C1F. The van der Waals surface area contributed by atoms with Crippen LogP contribution in [0.2, 0.25) is 0 Å². The molecule has 2 nitrogen and oxygen atoms in total. The molecule has 1 N–H and O–H groups in total. The summed E-state index contributed by atoms with van der Waals surface area (Å²) in [6.07, 6.45) is 12.1. The number of nitrogens with zero attached hydrogens (tertiary/aromatic N) is 1. The predicted octanol–water partition coefficient (Wildman–Crippen LogP) is 8.91. The lowest BCUT2D eigenvalue weighted by Gasteiger charge is -2.39. The molecule has 4 rings (SSSR count). The lowest BCUT2D eigenvalue weighted by molar-refractivity contribution is 0.156. The van der Waals surface area contributed by atoms with Crippen LogP contribution in [-0.4, -0.2) is 43.8 Å². The van der Waals surface area contributed by atoms with Gasteiger partial charge in [0.1, 0.15) is 31.0 Å². The van der Waals surface area contributed by atoms with Gasteiger partial charge in [0.05, 0.1) is 0 Å². The highest BCUT2D eigenvalue weighted by molar-refractivity contribution is 5.83. The first-order valence-corrected chi connectivity index (χ1v) is 13.5. The number of nitrogens with one attached hydrogen (secondary N) is 1. The minimum absolute atomic E-state index is 0.0442. The van der Waals surface area contributed by atoms with Crippen molar-refractivity contribution in [2.24, 2.45) is 16.8 Å². The molecule has 41 heavy (non-hydrogen) atoms. The van der Waals surface area contributed by atoms with Crippen LogP contribution >= 0.6 is 0 Å². The van der Waals surface area contributed by atoms with Crippen LogP contribution in [0.3, 0.4) is 0 Å². The van der Waals surface area contributed by atoms with Crippen molar-refractivity contribution in [3.8, 4) is 0 Å². The van der Waals surface area contributed by atoms with E-state index in [1.165, 1.54) is 36.7 Å². The fourth-order valence-electron chi connectivity index (χ4n) is 5.54. The number of halogens is 6. The van der Waals surface area contributed by atoms with Crippen LogP contribution in [0.5, 0.6) is 0 Å². The molecule has 0 saturated heterocycles. The van der Waals surface area contributed by atoms with E-state index in [-0.39, 0.29) is 35.1 Å². The van der Waals surface area contributed by atoms with Gasteiger partial charge in [-0.25, -0.2) is 26.3 Å². The summed E-state index contributed by atoms with van der Waals surface area (Å²) in [6.45, 7) is 2.51. The molecular weight excluding hydrogens is 538 g/mol. The number of rotatable bonds is 10. The van der Waals surface area contributed by atoms with Gasteiger partial charge in [0.25, 0.3) is 0 Å². The number of hydrogen-bond donors (Lipinski definition) is 1. The Morgan fingerprint density at radius 1 is 0.927 bits per heavy atom. The van der Waals surface area contributed by atoms with Crippen LogP contribution in [0.15, 0.2) is 123 Å². The predicted molar refractivity (Wildman–Crippen MR) is 153 cm³/mol. The fourth-order valence-corrected chi connectivity index (χ4v) is 5.54. The summed E-state index contributed by atoms with van der Waals surface area (Å²) in [5, 5.41) is 7.54. The van der Waals surface area contributed by atoms with Crippen LogP contribution in [0.25, 0.3) is 0 Å². The second-order valence-corrected chi connectivity index (χ2v) is 10.3. The molecule has 0 aliphatic heterocycles. The second-order valence-electron chi connectivity index (χ2n) is 10.3. The van der Waals surface area contributed by atoms with Crippen molar-refractivity contribution in [3.63, 3.8) is 0 Å². The normalized spacial score (nSPS) is 30.5. The second kappa shape index (κ2) is 13.8. The average molecular weight is 571 g/mol. The van der Waals surface area contributed by atoms with Gasteiger partial charge in [0, 0.05) is 43.3 Å². The lowest BCUT2D eigenvalue weighted by atomic mass is 9.68. The van der Waals surface area contributed by atoms with Crippen molar-refractivity contribution in [1.29, 1.82) is 5.41 Å². The molecule has 0 aromatic carbocycles. The van der Waals surface area contributed by atoms with Gasteiger partial charge in [0.2, 0.25) is 0 Å². The lowest BCUT2D eigenvalue weighted by Crippen LogP contribution is -2.40. The smallest absolute Gasteiger partial charge is 0.159 e. The summed E-state index contributed by atoms with van der Waals surface area (Å²) in [7, 11) is 0. The summed E-state index contributed by atoms with van der Waals surface area (Å²) in [5.41, 5.74) is 1.44. The Balaban J connectivity index is 1.73. The first-order valence-electron chi connectivity index (χ1n) is 13.5. The standard InChI is InChI=1S/C33H32F6N2/c1-2-3-6-20(17-40)18-41-19-23-10-9-22(16-34)32(38)30(23)31-26(13-14-28(36)33(31)39)25-12-11-21(15-29(25)37)24-7-4-5-8-27(24)35/h2,4-5,7,9-14,17-19,27,29-33,40H,1,3,6,8,15-16H2/b20-18-,40-17?,41-19?/t27?,29?,30-,31?,32?,33?/m1/s1. The zero-order valence-electron chi connectivity index (χ0n) is 22.4. The van der Waals surface area contributed by atoms with Gasteiger partial charge in [-0.2, -0.15) is 0 Å². The van der Waals surface area contributed by atoms with E-state index in [2.05, 4.69) is 11.6 Å². The highest BCUT2D eigenvalue weighted by Crippen LogP contribution is 2.47. The minimum atomic E-state index is -2.31. The fraction of sp³-hybridized carbons (Fsp3) is 0.333. The van der Waals surface area contributed by atoms with Crippen molar-refractivity contribution in [2.45, 2.75) is 50.4 Å². The van der Waals surface area contributed by atoms with E-state index >= 15 is 13.2 Å². The Hall–Kier alpha value is -3.68. The molecule has 4 aliphatic rings. The zero-order chi connectivity index (χ0) is 29.5. The Bertz CT molecular complexity index is 1350. The molecule has 0 heterocycles. The van der Waals surface area contributed by atoms with Crippen LogP contribution in [0.1, 0.15) is 25.7 Å². The largest absolute Gasteiger partial charge is 0.308 e. The van der Waals surface area contributed by atoms with Crippen LogP contribution in [0.4, 0.5) is 26.3 Å². The van der Waals surface area contributed by atoms with Gasteiger partial charge in [-0.3, -0.25) is 4.99 Å². The molecule has 0 fully saturated rings. The van der Waals surface area contributed by atoms with Crippen molar-refractivity contribution >= 4 is 12.4 Å². The Morgan fingerprint density at radius 2 is 1.71 bits per heavy atom. The maximum atomic E-state index is 15.9. The molecule has 5 unspecified atom stereocenters. The van der Waals surface area contributed by atoms with Crippen LogP contribution < -0.4 is 0 Å². The summed E-state index contributed by atoms with van der Waals surface area (Å²) < 4.78 is 90.1. The highest BCUT2D eigenvalue weighted by atomic mass is 19.2. The molecule has 4 aliphatic carbocycles. The van der Waals surface area contributed by atoms with Gasteiger partial charge in [-0.15, -0.1) is 6.58 Å². The zero-order valence-corrected chi connectivity index (χ0v) is 22.4. The molecular formula is C33H32F6N2. The molecule has 0 radical (unpaired) electrons.